The minimum Gasteiger partial charge on any atom is -0.497 e. The zero-order valence-corrected chi connectivity index (χ0v) is 14.2. The molecule has 0 saturated heterocycles. The smallest absolute Gasteiger partial charge is 0.227 e. The van der Waals surface area contributed by atoms with E-state index in [1.165, 1.54) is 7.11 Å². The van der Waals surface area contributed by atoms with Crippen LogP contribution in [0.25, 0.3) is 0 Å². The molecule has 0 aromatic heterocycles. The van der Waals surface area contributed by atoms with E-state index in [1.54, 1.807) is 25.3 Å². The summed E-state index contributed by atoms with van der Waals surface area (Å²) in [5.74, 6) is 1.05. The average molecular weight is 333 g/mol. The summed E-state index contributed by atoms with van der Waals surface area (Å²) in [4.78, 5) is 12.0. The Morgan fingerprint density at radius 3 is 2.50 bits per heavy atom. The van der Waals surface area contributed by atoms with Crippen molar-refractivity contribution in [2.45, 2.75) is 32.5 Å². The van der Waals surface area contributed by atoms with Gasteiger partial charge in [0.15, 0.2) is 0 Å². The van der Waals surface area contributed by atoms with Gasteiger partial charge in [-0.3, -0.25) is 4.79 Å². The van der Waals surface area contributed by atoms with Crippen molar-refractivity contribution in [1.82, 2.24) is 0 Å². The molecule has 0 fully saturated rings. The number of halogens is 1. The van der Waals surface area contributed by atoms with E-state index in [2.05, 4.69) is 5.32 Å². The van der Waals surface area contributed by atoms with Crippen LogP contribution in [0.3, 0.4) is 0 Å². The van der Waals surface area contributed by atoms with Crippen molar-refractivity contribution >= 4 is 24.0 Å². The Balaban J connectivity index is 0.00000441. The van der Waals surface area contributed by atoms with Crippen LogP contribution >= 0.6 is 12.4 Å². The molecule has 1 aromatic carbocycles. The number of carbonyl (C=O) groups excluding carboxylic acids is 1. The van der Waals surface area contributed by atoms with Gasteiger partial charge in [-0.1, -0.05) is 0 Å². The monoisotopic (exact) mass is 332 g/mol. The van der Waals surface area contributed by atoms with Crippen molar-refractivity contribution in [1.29, 1.82) is 0 Å². The number of carbonyl (C=O) groups is 1. The lowest BCUT2D eigenvalue weighted by atomic mass is 10.2. The van der Waals surface area contributed by atoms with Gasteiger partial charge < -0.3 is 25.3 Å². The van der Waals surface area contributed by atoms with E-state index >= 15 is 0 Å². The van der Waals surface area contributed by atoms with Crippen molar-refractivity contribution in [2.75, 3.05) is 26.1 Å². The van der Waals surface area contributed by atoms with Crippen LogP contribution in [-0.4, -0.2) is 38.9 Å². The van der Waals surface area contributed by atoms with Gasteiger partial charge in [0.25, 0.3) is 0 Å². The summed E-state index contributed by atoms with van der Waals surface area (Å²) in [7, 11) is 3.10. The number of anilines is 1. The van der Waals surface area contributed by atoms with Crippen LogP contribution in [0.5, 0.6) is 11.5 Å². The van der Waals surface area contributed by atoms with Crippen molar-refractivity contribution in [3.05, 3.63) is 18.2 Å². The molecule has 1 rings (SSSR count). The van der Waals surface area contributed by atoms with E-state index in [-0.39, 0.29) is 43.5 Å². The molecule has 0 saturated carbocycles. The first-order valence-electron chi connectivity index (χ1n) is 6.87. The number of nitrogens with two attached hydrogens (primary N) is 1. The van der Waals surface area contributed by atoms with E-state index in [9.17, 15) is 4.79 Å². The van der Waals surface area contributed by atoms with Gasteiger partial charge in [0.2, 0.25) is 5.91 Å². The Morgan fingerprint density at radius 1 is 1.32 bits per heavy atom. The summed E-state index contributed by atoms with van der Waals surface area (Å²) in [6, 6.07) is 5.27. The van der Waals surface area contributed by atoms with Gasteiger partial charge in [-0.05, 0) is 26.0 Å². The molecule has 1 amide bonds. The molecular weight excluding hydrogens is 308 g/mol. The highest BCUT2D eigenvalue weighted by Gasteiger charge is 2.15. The molecule has 0 aliphatic heterocycles. The molecule has 0 spiro atoms. The third-order valence-electron chi connectivity index (χ3n) is 2.83. The van der Waals surface area contributed by atoms with Crippen molar-refractivity contribution in [3.63, 3.8) is 0 Å². The van der Waals surface area contributed by atoms with Crippen LogP contribution in [0.4, 0.5) is 5.69 Å². The van der Waals surface area contributed by atoms with Crippen LogP contribution in [0, 0.1) is 0 Å². The summed E-state index contributed by atoms with van der Waals surface area (Å²) in [5.41, 5.74) is 6.09. The van der Waals surface area contributed by atoms with Gasteiger partial charge in [-0.2, -0.15) is 0 Å². The first-order chi connectivity index (χ1) is 9.99. The normalized spacial score (nSPS) is 11.5. The Labute approximate surface area is 137 Å². The summed E-state index contributed by atoms with van der Waals surface area (Å²) in [5, 5.41) is 2.81. The van der Waals surface area contributed by atoms with Gasteiger partial charge in [0.1, 0.15) is 11.5 Å². The lowest BCUT2D eigenvalue weighted by Gasteiger charge is -2.17. The quantitative estimate of drug-likeness (QED) is 0.762. The first-order valence-corrected chi connectivity index (χ1v) is 6.87. The molecular formula is C15H25ClN2O4. The molecule has 126 valence electrons. The largest absolute Gasteiger partial charge is 0.497 e. The van der Waals surface area contributed by atoms with Crippen LogP contribution in [0.2, 0.25) is 0 Å². The fraction of sp³-hybridized carbons (Fsp3) is 0.533. The molecule has 7 heteroatoms. The van der Waals surface area contributed by atoms with Crippen LogP contribution in [-0.2, 0) is 9.53 Å². The lowest BCUT2D eigenvalue weighted by Crippen LogP contribution is -2.28. The van der Waals surface area contributed by atoms with Crippen LogP contribution < -0.4 is 20.5 Å². The van der Waals surface area contributed by atoms with Gasteiger partial charge in [0.05, 0.1) is 31.4 Å². The number of hydrogen-bond donors (Lipinski definition) is 2. The maximum absolute atomic E-state index is 12.0. The van der Waals surface area contributed by atoms with E-state index in [1.807, 2.05) is 13.8 Å². The van der Waals surface area contributed by atoms with E-state index in [0.717, 1.165) is 0 Å². The minimum atomic E-state index is -0.301. The number of methoxy groups -OCH3 is 2. The summed E-state index contributed by atoms with van der Waals surface area (Å²) >= 11 is 0. The Morgan fingerprint density at radius 2 is 2.00 bits per heavy atom. The lowest BCUT2D eigenvalue weighted by molar-refractivity contribution is -0.118. The molecule has 6 nitrogen and oxygen atoms in total. The van der Waals surface area contributed by atoms with Gasteiger partial charge in [-0.15, -0.1) is 12.4 Å². The molecule has 1 unspecified atom stereocenters. The number of ether oxygens (including phenoxy) is 3. The van der Waals surface area contributed by atoms with Gasteiger partial charge in [-0.25, -0.2) is 0 Å². The fourth-order valence-corrected chi connectivity index (χ4v) is 1.76. The number of nitrogens with one attached hydrogen (secondary N) is 1. The molecule has 1 aromatic rings. The number of benzene rings is 1. The van der Waals surface area contributed by atoms with Crippen molar-refractivity contribution < 1.29 is 19.0 Å². The average Bonchev–Trinajstić information content (AvgIpc) is 2.46. The molecule has 0 aliphatic carbocycles. The Bertz CT molecular complexity index is 465. The van der Waals surface area contributed by atoms with Crippen LogP contribution in [0.1, 0.15) is 20.3 Å². The maximum atomic E-state index is 12.0. The van der Waals surface area contributed by atoms with Gasteiger partial charge >= 0.3 is 0 Å². The second kappa shape index (κ2) is 10.3. The SMILES string of the molecule is COc1ccc(OC(C)C)c(NC(=O)CC(CN)OC)c1.Cl. The van der Waals surface area contributed by atoms with Crippen molar-refractivity contribution in [2.24, 2.45) is 5.73 Å². The highest BCUT2D eigenvalue weighted by molar-refractivity contribution is 5.92. The molecule has 0 bridgehead atoms. The highest BCUT2D eigenvalue weighted by atomic mass is 35.5. The summed E-state index contributed by atoms with van der Waals surface area (Å²) in [6.07, 6.45) is -0.111. The molecule has 0 aliphatic rings. The minimum absolute atomic E-state index is 0. The second-order valence-corrected chi connectivity index (χ2v) is 4.87. The Hall–Kier alpha value is -1.50. The molecule has 3 N–H and O–H groups in total. The molecule has 0 radical (unpaired) electrons. The molecule has 0 heterocycles. The predicted octanol–water partition coefficient (Wildman–Crippen LogP) is 2.21. The summed E-state index contributed by atoms with van der Waals surface area (Å²) < 4.78 is 16.0. The zero-order valence-electron chi connectivity index (χ0n) is 13.4. The second-order valence-electron chi connectivity index (χ2n) is 4.87. The van der Waals surface area contributed by atoms with Gasteiger partial charge in [0, 0.05) is 19.7 Å². The third kappa shape index (κ3) is 6.51. The van der Waals surface area contributed by atoms with E-state index in [4.69, 9.17) is 19.9 Å². The van der Waals surface area contributed by atoms with E-state index < -0.39 is 0 Å². The highest BCUT2D eigenvalue weighted by Crippen LogP contribution is 2.30. The van der Waals surface area contributed by atoms with Crippen molar-refractivity contribution in [3.8, 4) is 11.5 Å². The maximum Gasteiger partial charge on any atom is 0.227 e. The standard InChI is InChI=1S/C15H24N2O4.ClH/c1-10(2)21-14-6-5-11(19-3)7-13(14)17-15(18)8-12(9-16)20-4;/h5-7,10,12H,8-9,16H2,1-4H3,(H,17,18);1H. The predicted molar refractivity (Wildman–Crippen MR) is 89.1 cm³/mol. The summed E-state index contributed by atoms with van der Waals surface area (Å²) in [6.45, 7) is 4.13. The molecule has 22 heavy (non-hydrogen) atoms. The number of amides is 1. The molecule has 1 atom stereocenters. The number of rotatable bonds is 8. The topological polar surface area (TPSA) is 82.8 Å². The zero-order chi connectivity index (χ0) is 15.8. The third-order valence-corrected chi connectivity index (χ3v) is 2.83. The van der Waals surface area contributed by atoms with E-state index in [0.29, 0.717) is 17.2 Å². The number of hydrogen-bond acceptors (Lipinski definition) is 5. The van der Waals surface area contributed by atoms with Crippen LogP contribution in [0.15, 0.2) is 18.2 Å². The Kier molecular flexibility index (Phi) is 9.56. The fourth-order valence-electron chi connectivity index (χ4n) is 1.76. The first kappa shape index (κ1) is 20.5.